The van der Waals surface area contributed by atoms with Crippen molar-refractivity contribution >= 4 is 28.3 Å². The molecule has 0 aliphatic heterocycles. The van der Waals surface area contributed by atoms with Gasteiger partial charge in [0.15, 0.2) is 11.6 Å². The number of ketones is 1. The highest BCUT2D eigenvalue weighted by atomic mass is 35.5. The summed E-state index contributed by atoms with van der Waals surface area (Å²) in [6.07, 6.45) is 2.05. The first-order chi connectivity index (χ1) is 11.0. The van der Waals surface area contributed by atoms with E-state index < -0.39 is 5.82 Å². The molecule has 0 aliphatic rings. The molecule has 3 rings (SSSR count). The van der Waals surface area contributed by atoms with Crippen molar-refractivity contribution in [2.45, 2.75) is 20.3 Å². The third-order valence-corrected chi connectivity index (χ3v) is 4.10. The Morgan fingerprint density at radius 3 is 2.61 bits per heavy atom. The summed E-state index contributed by atoms with van der Waals surface area (Å²) in [6.45, 7) is 3.38. The molecule has 0 aliphatic carbocycles. The molecule has 1 aromatic carbocycles. The molecule has 3 nitrogen and oxygen atoms in total. The third kappa shape index (κ3) is 2.82. The topological polar surface area (TPSA) is 42.9 Å². The molecule has 0 saturated carbocycles. The fraction of sp³-hybridized carbons (Fsp3) is 0.167. The number of carbonyl (C=O) groups is 1. The Kier molecular flexibility index (Phi) is 4.09. The Hall–Kier alpha value is -2.33. The third-order valence-electron chi connectivity index (χ3n) is 3.74. The first-order valence-electron chi connectivity index (χ1n) is 7.26. The maximum atomic E-state index is 13.9. The minimum absolute atomic E-state index is 0.000137. The molecule has 0 fully saturated rings. The summed E-state index contributed by atoms with van der Waals surface area (Å²) in [5.74, 6) is -0.502. The van der Waals surface area contributed by atoms with Crippen LogP contribution in [0.25, 0.3) is 22.0 Å². The summed E-state index contributed by atoms with van der Waals surface area (Å²) < 4.78 is 13.9. The summed E-state index contributed by atoms with van der Waals surface area (Å²) in [5.41, 5.74) is 3.03. The van der Waals surface area contributed by atoms with Crippen molar-refractivity contribution in [1.29, 1.82) is 0 Å². The van der Waals surface area contributed by atoms with E-state index in [0.29, 0.717) is 23.0 Å². The van der Waals surface area contributed by atoms with Crippen molar-refractivity contribution in [1.82, 2.24) is 9.97 Å². The number of hydrogen-bond acceptors (Lipinski definition) is 3. The maximum Gasteiger partial charge on any atom is 0.180 e. The monoisotopic (exact) mass is 328 g/mol. The molecule has 0 bridgehead atoms. The lowest BCUT2D eigenvalue weighted by molar-refractivity contribution is 0.0983. The summed E-state index contributed by atoms with van der Waals surface area (Å²) in [5, 5.41) is 0.626. The lowest BCUT2D eigenvalue weighted by Crippen LogP contribution is -1.99. The van der Waals surface area contributed by atoms with E-state index in [0.717, 1.165) is 11.1 Å². The van der Waals surface area contributed by atoms with Gasteiger partial charge in [-0.3, -0.25) is 9.78 Å². The standard InChI is InChI=1S/C18H14ClFN2O/c1-3-16(23)15-7-5-12(9-21-15)11-4-6-14-13(8-11)17(19)18(20)10(2)22-14/h4-9H,3H2,1-2H3. The number of hydrogen-bond donors (Lipinski definition) is 0. The van der Waals surface area contributed by atoms with Crippen molar-refractivity contribution in [2.75, 3.05) is 0 Å². The van der Waals surface area contributed by atoms with Gasteiger partial charge in [0, 0.05) is 23.6 Å². The number of aryl methyl sites for hydroxylation is 1. The molecule has 2 heterocycles. The predicted molar refractivity (Wildman–Crippen MR) is 89.3 cm³/mol. The van der Waals surface area contributed by atoms with Crippen molar-refractivity contribution in [3.63, 3.8) is 0 Å². The van der Waals surface area contributed by atoms with E-state index in [9.17, 15) is 9.18 Å². The van der Waals surface area contributed by atoms with Gasteiger partial charge in [-0.25, -0.2) is 9.37 Å². The normalized spacial score (nSPS) is 11.0. The zero-order chi connectivity index (χ0) is 16.6. The van der Waals surface area contributed by atoms with Crippen molar-refractivity contribution < 1.29 is 9.18 Å². The molecular weight excluding hydrogens is 315 g/mol. The Balaban J connectivity index is 2.08. The smallest absolute Gasteiger partial charge is 0.180 e. The molecule has 2 aromatic heterocycles. The SMILES string of the molecule is CCC(=O)c1ccc(-c2ccc3nc(C)c(F)c(Cl)c3c2)cn1. The van der Waals surface area contributed by atoms with Gasteiger partial charge in [-0.1, -0.05) is 30.7 Å². The molecule has 0 N–H and O–H groups in total. The number of aromatic nitrogens is 2. The van der Waals surface area contributed by atoms with Gasteiger partial charge in [-0.2, -0.15) is 0 Å². The maximum absolute atomic E-state index is 13.9. The highest BCUT2D eigenvalue weighted by Crippen LogP contribution is 2.30. The van der Waals surface area contributed by atoms with Crippen LogP contribution in [0.15, 0.2) is 36.5 Å². The Morgan fingerprint density at radius 1 is 1.22 bits per heavy atom. The molecule has 5 heteroatoms. The molecule has 0 saturated heterocycles. The number of halogens is 2. The number of fused-ring (bicyclic) bond motifs is 1. The fourth-order valence-corrected chi connectivity index (χ4v) is 2.69. The Morgan fingerprint density at radius 2 is 1.96 bits per heavy atom. The van der Waals surface area contributed by atoms with Crippen LogP contribution in [0.3, 0.4) is 0 Å². The van der Waals surface area contributed by atoms with Gasteiger partial charge in [0.25, 0.3) is 0 Å². The Bertz CT molecular complexity index is 907. The molecule has 0 radical (unpaired) electrons. The Labute approximate surface area is 138 Å². The van der Waals surface area contributed by atoms with Crippen LogP contribution in [0.4, 0.5) is 4.39 Å². The van der Waals surface area contributed by atoms with Crippen LogP contribution < -0.4 is 0 Å². The molecule has 116 valence electrons. The van der Waals surface area contributed by atoms with Crippen LogP contribution >= 0.6 is 11.6 Å². The van der Waals surface area contributed by atoms with E-state index in [1.807, 2.05) is 12.1 Å². The highest BCUT2D eigenvalue weighted by Gasteiger charge is 2.12. The van der Waals surface area contributed by atoms with Gasteiger partial charge >= 0.3 is 0 Å². The molecule has 0 spiro atoms. The van der Waals surface area contributed by atoms with Gasteiger partial charge in [-0.15, -0.1) is 0 Å². The first-order valence-corrected chi connectivity index (χ1v) is 7.64. The lowest BCUT2D eigenvalue weighted by Gasteiger charge is -2.08. The second-order valence-electron chi connectivity index (χ2n) is 5.27. The van der Waals surface area contributed by atoms with Crippen LogP contribution in [-0.4, -0.2) is 15.8 Å². The lowest BCUT2D eigenvalue weighted by atomic mass is 10.0. The van der Waals surface area contributed by atoms with E-state index in [1.165, 1.54) is 0 Å². The van der Waals surface area contributed by atoms with E-state index in [1.54, 1.807) is 38.2 Å². The largest absolute Gasteiger partial charge is 0.292 e. The predicted octanol–water partition coefficient (Wildman–Crippen LogP) is 4.99. The quantitative estimate of drug-likeness (QED) is 0.636. The molecule has 23 heavy (non-hydrogen) atoms. The van der Waals surface area contributed by atoms with E-state index in [4.69, 9.17) is 11.6 Å². The van der Waals surface area contributed by atoms with Gasteiger partial charge in [0.05, 0.1) is 16.2 Å². The average Bonchev–Trinajstić information content (AvgIpc) is 2.59. The zero-order valence-electron chi connectivity index (χ0n) is 12.7. The van der Waals surface area contributed by atoms with Crippen LogP contribution in [0.5, 0.6) is 0 Å². The first kappa shape index (κ1) is 15.6. The van der Waals surface area contributed by atoms with E-state index >= 15 is 0 Å². The zero-order valence-corrected chi connectivity index (χ0v) is 13.5. The molecule has 0 atom stereocenters. The van der Waals surface area contributed by atoms with Crippen LogP contribution in [-0.2, 0) is 0 Å². The van der Waals surface area contributed by atoms with Crippen molar-refractivity contribution in [2.24, 2.45) is 0 Å². The van der Waals surface area contributed by atoms with Gasteiger partial charge in [0.1, 0.15) is 5.69 Å². The number of nitrogens with zero attached hydrogens (tertiary/aromatic N) is 2. The van der Waals surface area contributed by atoms with Gasteiger partial charge in [0.2, 0.25) is 0 Å². The highest BCUT2D eigenvalue weighted by molar-refractivity contribution is 6.35. The van der Waals surface area contributed by atoms with Crippen LogP contribution in [0.2, 0.25) is 5.02 Å². The average molecular weight is 329 g/mol. The van der Waals surface area contributed by atoms with Gasteiger partial charge in [-0.05, 0) is 30.7 Å². The number of Topliss-reactive ketones (excluding diaryl/α,β-unsaturated/α-hetero) is 1. The van der Waals surface area contributed by atoms with Crippen LogP contribution in [0.1, 0.15) is 29.5 Å². The summed E-state index contributed by atoms with van der Waals surface area (Å²) in [7, 11) is 0. The minimum Gasteiger partial charge on any atom is -0.292 e. The van der Waals surface area contributed by atoms with Crippen molar-refractivity contribution in [3.8, 4) is 11.1 Å². The molecule has 0 amide bonds. The summed E-state index contributed by atoms with van der Waals surface area (Å²) >= 11 is 6.10. The van der Waals surface area contributed by atoms with E-state index in [-0.39, 0.29) is 16.5 Å². The van der Waals surface area contributed by atoms with E-state index in [2.05, 4.69) is 9.97 Å². The number of rotatable bonds is 3. The van der Waals surface area contributed by atoms with Crippen LogP contribution in [0, 0.1) is 12.7 Å². The molecule has 3 aromatic rings. The molecular formula is C18H14ClFN2O. The van der Waals surface area contributed by atoms with Crippen molar-refractivity contribution in [3.05, 3.63) is 58.8 Å². The second kappa shape index (κ2) is 6.05. The van der Waals surface area contributed by atoms with Gasteiger partial charge < -0.3 is 0 Å². The summed E-state index contributed by atoms with van der Waals surface area (Å²) in [6, 6.07) is 8.98. The number of pyridine rings is 2. The summed E-state index contributed by atoms with van der Waals surface area (Å²) in [4.78, 5) is 20.0. The number of carbonyl (C=O) groups excluding carboxylic acids is 1. The minimum atomic E-state index is -0.502. The number of benzene rings is 1. The fourth-order valence-electron chi connectivity index (χ4n) is 2.41. The second-order valence-corrected chi connectivity index (χ2v) is 5.64. The molecule has 0 unspecified atom stereocenters.